The molecule has 0 bridgehead atoms. The maximum Gasteiger partial charge on any atom is 0.406 e. The number of aliphatic hydroxyl groups excluding tert-OH is 2. The van der Waals surface area contributed by atoms with Crippen LogP contribution in [-0.4, -0.2) is 62.9 Å². The third-order valence-electron chi connectivity index (χ3n) is 2.62. The first-order valence-corrected chi connectivity index (χ1v) is 9.40. The smallest absolute Gasteiger partial charge is 0.406 e. The number of hydrogen-bond donors (Lipinski definition) is 4. The molecule has 0 aliphatic carbocycles. The number of hydrogen-bond acceptors (Lipinski definition) is 6. The van der Waals surface area contributed by atoms with Gasteiger partial charge in [-0.25, -0.2) is 9.59 Å². The molecule has 0 aromatic rings. The molecule has 4 N–H and O–H groups in total. The average molecular weight is 401 g/mol. The van der Waals surface area contributed by atoms with Crippen LogP contribution in [-0.2, 0) is 9.47 Å². The number of unbranched alkanes of at least 4 members (excludes halogenated alkanes) is 4. The van der Waals surface area contributed by atoms with E-state index in [1.54, 1.807) is 13.8 Å². The Bertz CT molecular complexity index is 431. The van der Waals surface area contributed by atoms with E-state index in [1.165, 1.54) is 14.1 Å². The van der Waals surface area contributed by atoms with Gasteiger partial charge >= 0.3 is 12.2 Å². The first-order chi connectivity index (χ1) is 13.5. The molecular weight excluding hydrogens is 364 g/mol. The first-order valence-electron chi connectivity index (χ1n) is 9.40. The topological polar surface area (TPSA) is 117 Å². The highest BCUT2D eigenvalue weighted by Gasteiger charge is 1.90. The van der Waals surface area contributed by atoms with Crippen LogP contribution in [0.15, 0.2) is 0 Å². The van der Waals surface area contributed by atoms with Crippen LogP contribution in [0, 0.1) is 23.7 Å². The molecule has 0 radical (unpaired) electrons. The normalized spacial score (nSPS) is 8.07. The summed E-state index contributed by atoms with van der Waals surface area (Å²) in [6.07, 6.45) is 4.39. The van der Waals surface area contributed by atoms with Crippen molar-refractivity contribution >= 4 is 12.2 Å². The molecule has 0 aliphatic rings. The highest BCUT2D eigenvalue weighted by atomic mass is 16.5. The van der Waals surface area contributed by atoms with E-state index in [1.807, 2.05) is 0 Å². The lowest BCUT2D eigenvalue weighted by molar-refractivity contribution is 0.153. The van der Waals surface area contributed by atoms with Crippen molar-refractivity contribution in [3.8, 4) is 23.7 Å². The van der Waals surface area contributed by atoms with Crippen molar-refractivity contribution in [2.45, 2.75) is 52.4 Å². The predicted molar refractivity (Wildman–Crippen MR) is 110 cm³/mol. The summed E-state index contributed by atoms with van der Waals surface area (Å²) in [7, 11) is 3.05. The minimum atomic E-state index is -0.373. The molecular formula is C20H36N2O6. The molecule has 8 heteroatoms. The van der Waals surface area contributed by atoms with Crippen LogP contribution in [0.1, 0.15) is 52.4 Å². The van der Waals surface area contributed by atoms with Gasteiger partial charge in [0, 0.05) is 40.2 Å². The van der Waals surface area contributed by atoms with Gasteiger partial charge in [0.1, 0.15) is 0 Å². The molecule has 0 unspecified atom stereocenters. The number of carbonyl (C=O) groups excluding carboxylic acids is 2. The predicted octanol–water partition coefficient (Wildman–Crippen LogP) is 2.04. The molecule has 0 saturated heterocycles. The fraction of sp³-hybridized carbons (Fsp3) is 0.700. The van der Waals surface area contributed by atoms with Crippen molar-refractivity contribution in [1.82, 2.24) is 10.6 Å². The van der Waals surface area contributed by atoms with E-state index in [-0.39, 0.29) is 25.4 Å². The molecule has 0 aromatic heterocycles. The summed E-state index contributed by atoms with van der Waals surface area (Å²) >= 11 is 0. The molecule has 0 aliphatic heterocycles. The Balaban J connectivity index is -0.000000375. The third-order valence-corrected chi connectivity index (χ3v) is 2.62. The van der Waals surface area contributed by atoms with E-state index in [4.69, 9.17) is 10.2 Å². The number of aliphatic hydroxyl groups is 2. The van der Waals surface area contributed by atoms with E-state index >= 15 is 0 Å². The Kier molecular flexibility index (Phi) is 31.8. The van der Waals surface area contributed by atoms with Gasteiger partial charge in [-0.2, -0.15) is 0 Å². The molecule has 162 valence electrons. The molecule has 0 heterocycles. The van der Waals surface area contributed by atoms with Crippen LogP contribution < -0.4 is 10.6 Å². The average Bonchev–Trinajstić information content (AvgIpc) is 2.70. The summed E-state index contributed by atoms with van der Waals surface area (Å²) in [5.74, 6) is 11.4. The lowest BCUT2D eigenvalue weighted by Crippen LogP contribution is -2.18. The Hall–Kier alpha value is -2.42. The van der Waals surface area contributed by atoms with Crippen molar-refractivity contribution in [2.75, 3.05) is 40.5 Å². The lowest BCUT2D eigenvalue weighted by atomic mass is 10.2. The maximum atomic E-state index is 10.1. The van der Waals surface area contributed by atoms with Gasteiger partial charge < -0.3 is 30.3 Å². The van der Waals surface area contributed by atoms with Gasteiger partial charge in [0.25, 0.3) is 0 Å². The van der Waals surface area contributed by atoms with Gasteiger partial charge in [-0.05, 0) is 51.4 Å². The van der Waals surface area contributed by atoms with Crippen molar-refractivity contribution in [3.05, 3.63) is 0 Å². The zero-order valence-corrected chi connectivity index (χ0v) is 17.6. The largest absolute Gasteiger partial charge is 0.450 e. The Morgan fingerprint density at radius 2 is 1.11 bits per heavy atom. The molecule has 8 nitrogen and oxygen atoms in total. The summed E-state index contributed by atoms with van der Waals surface area (Å²) in [4.78, 5) is 20.2. The zero-order valence-electron chi connectivity index (χ0n) is 17.6. The number of rotatable bonds is 8. The van der Waals surface area contributed by atoms with E-state index < -0.39 is 0 Å². The molecule has 0 aromatic carbocycles. The molecule has 2 amide bonds. The second-order valence-corrected chi connectivity index (χ2v) is 4.91. The molecule has 0 spiro atoms. The van der Waals surface area contributed by atoms with Crippen LogP contribution >= 0.6 is 0 Å². The van der Waals surface area contributed by atoms with Crippen LogP contribution in [0.4, 0.5) is 9.59 Å². The van der Waals surface area contributed by atoms with Gasteiger partial charge in [0.15, 0.2) is 0 Å². The fourth-order valence-electron chi connectivity index (χ4n) is 1.27. The summed E-state index contributed by atoms with van der Waals surface area (Å²) in [5.41, 5.74) is 0. The molecule has 0 rings (SSSR count). The van der Waals surface area contributed by atoms with Gasteiger partial charge in [0.2, 0.25) is 0 Å². The van der Waals surface area contributed by atoms with E-state index in [9.17, 15) is 9.59 Å². The Morgan fingerprint density at radius 3 is 1.32 bits per heavy atom. The first kappa shape index (κ1) is 30.3. The standard InChI is InChI=1S/C12H18O2.2C4H9NO2/c13-11-9-7-5-3-1-2-4-6-8-10-12-14;2*1-3-7-4(6)5-2/h13-14H,5-12H2;2*3H2,1-2H3,(H,5,6). The Labute approximate surface area is 169 Å². The Morgan fingerprint density at radius 1 is 0.750 bits per heavy atom. The quantitative estimate of drug-likeness (QED) is 0.366. The SMILES string of the molecule is CCOC(=O)NC.CCOC(=O)NC.OCCCCC#CC#CCCCCO. The van der Waals surface area contributed by atoms with E-state index in [0.717, 1.165) is 38.5 Å². The van der Waals surface area contributed by atoms with Crippen LogP contribution in [0.5, 0.6) is 0 Å². The molecule has 0 atom stereocenters. The molecule has 0 fully saturated rings. The summed E-state index contributed by atoms with van der Waals surface area (Å²) in [6.45, 7) is 4.87. The number of amides is 2. The van der Waals surface area contributed by atoms with Gasteiger partial charge in [0.05, 0.1) is 13.2 Å². The summed E-state index contributed by atoms with van der Waals surface area (Å²) in [5, 5.41) is 21.6. The number of alkyl carbamates (subject to hydrolysis) is 2. The van der Waals surface area contributed by atoms with Crippen molar-refractivity contribution in [2.24, 2.45) is 0 Å². The van der Waals surface area contributed by atoms with Gasteiger partial charge in [-0.1, -0.05) is 11.8 Å². The molecule has 0 saturated carbocycles. The minimum Gasteiger partial charge on any atom is -0.450 e. The van der Waals surface area contributed by atoms with Crippen molar-refractivity contribution < 1.29 is 29.3 Å². The minimum absolute atomic E-state index is 0.245. The van der Waals surface area contributed by atoms with Crippen molar-refractivity contribution in [1.29, 1.82) is 0 Å². The summed E-state index contributed by atoms with van der Waals surface area (Å²) < 4.78 is 8.88. The maximum absolute atomic E-state index is 10.1. The number of carbonyl (C=O) groups is 2. The van der Waals surface area contributed by atoms with Crippen LogP contribution in [0.2, 0.25) is 0 Å². The highest BCUT2D eigenvalue weighted by Crippen LogP contribution is 1.92. The second-order valence-electron chi connectivity index (χ2n) is 4.91. The number of ether oxygens (including phenoxy) is 2. The fourth-order valence-corrected chi connectivity index (χ4v) is 1.27. The van der Waals surface area contributed by atoms with Gasteiger partial charge in [-0.3, -0.25) is 0 Å². The lowest BCUT2D eigenvalue weighted by Gasteiger charge is -1.95. The molecule has 28 heavy (non-hydrogen) atoms. The number of nitrogens with one attached hydrogen (secondary N) is 2. The van der Waals surface area contributed by atoms with E-state index in [0.29, 0.717) is 13.2 Å². The monoisotopic (exact) mass is 400 g/mol. The summed E-state index contributed by atoms with van der Waals surface area (Å²) in [6, 6.07) is 0. The van der Waals surface area contributed by atoms with E-state index in [2.05, 4.69) is 43.8 Å². The highest BCUT2D eigenvalue weighted by molar-refractivity contribution is 5.66. The van der Waals surface area contributed by atoms with Crippen molar-refractivity contribution in [3.63, 3.8) is 0 Å². The van der Waals surface area contributed by atoms with Gasteiger partial charge in [-0.15, -0.1) is 0 Å². The van der Waals surface area contributed by atoms with Crippen LogP contribution in [0.3, 0.4) is 0 Å². The second kappa shape index (κ2) is 29.3. The zero-order chi connectivity index (χ0) is 21.9. The third kappa shape index (κ3) is 34.8. The van der Waals surface area contributed by atoms with Crippen LogP contribution in [0.25, 0.3) is 0 Å².